The van der Waals surface area contributed by atoms with Crippen molar-refractivity contribution in [3.63, 3.8) is 0 Å². The zero-order valence-electron chi connectivity index (χ0n) is 19.7. The Kier molecular flexibility index (Phi) is 7.38. The van der Waals surface area contributed by atoms with Crippen molar-refractivity contribution in [2.45, 2.75) is 32.0 Å². The van der Waals surface area contributed by atoms with E-state index in [9.17, 15) is 14.7 Å². The summed E-state index contributed by atoms with van der Waals surface area (Å²) in [5, 5.41) is 21.5. The van der Waals surface area contributed by atoms with Crippen LogP contribution in [-0.2, 0) is 21.3 Å². The third-order valence-electron chi connectivity index (χ3n) is 5.96. The van der Waals surface area contributed by atoms with Gasteiger partial charge in [-0.15, -0.1) is 0 Å². The number of hydrogen-bond donors (Lipinski definition) is 3. The van der Waals surface area contributed by atoms with Crippen molar-refractivity contribution >= 4 is 11.6 Å². The van der Waals surface area contributed by atoms with E-state index in [1.807, 2.05) is 44.3 Å². The average Bonchev–Trinajstić information content (AvgIpc) is 3.07. The number of allylic oxidation sites excluding steroid dienone is 1. The van der Waals surface area contributed by atoms with E-state index >= 15 is 0 Å². The van der Waals surface area contributed by atoms with Crippen LogP contribution >= 0.6 is 0 Å². The highest BCUT2D eigenvalue weighted by Crippen LogP contribution is 2.32. The van der Waals surface area contributed by atoms with Crippen molar-refractivity contribution in [3.8, 4) is 11.4 Å². The maximum absolute atomic E-state index is 13.6. The van der Waals surface area contributed by atoms with Gasteiger partial charge < -0.3 is 25.0 Å². The monoisotopic (exact) mass is 479 g/mol. The Labute approximate surface area is 202 Å². The molecule has 0 saturated heterocycles. The van der Waals surface area contributed by atoms with Crippen molar-refractivity contribution in [2.75, 3.05) is 18.5 Å². The maximum Gasteiger partial charge on any atom is 0.290 e. The number of anilines is 1. The molecule has 0 saturated carbocycles. The van der Waals surface area contributed by atoms with Gasteiger partial charge in [0.05, 0.1) is 12.3 Å². The molecule has 0 spiro atoms. The number of carbonyl (C=O) groups excluding carboxylic acids is 1. The Hall–Kier alpha value is -3.82. The number of aliphatic hydroxyl groups is 1. The van der Waals surface area contributed by atoms with Gasteiger partial charge in [-0.1, -0.05) is 24.3 Å². The largest absolute Gasteiger partial charge is 0.508 e. The summed E-state index contributed by atoms with van der Waals surface area (Å²) in [4.78, 5) is 26.6. The average molecular weight is 480 g/mol. The number of aliphatic hydroxyl groups excluding tert-OH is 1. The van der Waals surface area contributed by atoms with E-state index in [0.29, 0.717) is 24.1 Å². The molecule has 9 heteroatoms. The van der Waals surface area contributed by atoms with Crippen LogP contribution in [0.2, 0.25) is 0 Å². The van der Waals surface area contributed by atoms with Crippen molar-refractivity contribution in [3.05, 3.63) is 88.0 Å². The molecule has 3 aromatic rings. The van der Waals surface area contributed by atoms with Crippen LogP contribution in [0.3, 0.4) is 0 Å². The second-order valence-corrected chi connectivity index (χ2v) is 8.35. The van der Waals surface area contributed by atoms with Gasteiger partial charge in [0.1, 0.15) is 5.75 Å². The molecule has 0 fully saturated rings. The van der Waals surface area contributed by atoms with E-state index < -0.39 is 18.1 Å². The van der Waals surface area contributed by atoms with Crippen LogP contribution in [0.1, 0.15) is 30.0 Å². The molecule has 4 rings (SSSR count). The first-order valence-electron chi connectivity index (χ1n) is 11.4. The number of para-hydroxylation sites is 1. The Morgan fingerprint density at radius 1 is 1.20 bits per heavy atom. The number of nitrogens with one attached hydrogen (secondary N) is 1. The predicted octanol–water partition coefficient (Wildman–Crippen LogP) is 2.94. The Morgan fingerprint density at radius 3 is 2.69 bits per heavy atom. The fraction of sp³-hybridized carbons (Fsp3) is 0.308. The lowest BCUT2D eigenvalue weighted by Crippen LogP contribution is -2.31. The van der Waals surface area contributed by atoms with E-state index in [0.717, 1.165) is 11.4 Å². The van der Waals surface area contributed by atoms with Crippen LogP contribution in [0.5, 0.6) is 5.75 Å². The van der Waals surface area contributed by atoms with Crippen LogP contribution in [-0.4, -0.2) is 45.0 Å². The molecule has 1 aromatic heterocycles. The molecule has 184 valence electrons. The number of ether oxygens (including phenoxy) is 2. The van der Waals surface area contributed by atoms with Gasteiger partial charge in [-0.25, -0.2) is 4.68 Å². The summed E-state index contributed by atoms with van der Waals surface area (Å²) in [6, 6.07) is 15.5. The number of phenols is 1. The molecule has 1 aliphatic heterocycles. The van der Waals surface area contributed by atoms with Gasteiger partial charge >= 0.3 is 0 Å². The topological polar surface area (TPSA) is 115 Å². The summed E-state index contributed by atoms with van der Waals surface area (Å²) >= 11 is 0. The van der Waals surface area contributed by atoms with E-state index in [4.69, 9.17) is 14.6 Å². The molecular weight excluding hydrogens is 450 g/mol. The molecule has 2 heterocycles. The second kappa shape index (κ2) is 10.6. The highest BCUT2D eigenvalue weighted by atomic mass is 16.7. The van der Waals surface area contributed by atoms with Crippen molar-refractivity contribution in [2.24, 2.45) is 7.05 Å². The molecular formula is C26H29N3O6. The molecule has 1 amide bonds. The molecule has 2 aromatic carbocycles. The molecule has 0 unspecified atom stereocenters. The number of phenolic OH excluding ortho intramolecular Hbond substituents is 1. The smallest absolute Gasteiger partial charge is 0.290 e. The van der Waals surface area contributed by atoms with Gasteiger partial charge in [0.15, 0.2) is 5.76 Å². The van der Waals surface area contributed by atoms with E-state index in [2.05, 4.69) is 5.32 Å². The first-order valence-corrected chi connectivity index (χ1v) is 11.4. The van der Waals surface area contributed by atoms with E-state index in [-0.39, 0.29) is 30.3 Å². The number of benzene rings is 2. The maximum atomic E-state index is 13.6. The fourth-order valence-corrected chi connectivity index (χ4v) is 4.19. The minimum Gasteiger partial charge on any atom is -0.508 e. The summed E-state index contributed by atoms with van der Waals surface area (Å²) in [5.74, 6) is -0.914. The van der Waals surface area contributed by atoms with E-state index in [1.54, 1.807) is 27.6 Å². The standard InChI is InChI=1S/C26H29N3O6/c1-17-24(26(33)29(28(17)2)20-9-4-3-5-10-20)18-14-22(35-23(15-18)34-13-7-12-30)25(32)27-19-8-6-11-21(31)16-19/h3-6,8-11,14,16,18,23,30-31H,7,12-13,15H2,1-2H3,(H,27,32)/t18-,23+/m0/s1. The SMILES string of the molecule is Cc1c([C@H]2C=C(C(=O)Nc3cccc(O)c3)O[C@@H](OCCCO)C2)c(=O)n(-c2ccccc2)n1C. The number of aromatic hydroxyl groups is 1. The molecule has 35 heavy (non-hydrogen) atoms. The van der Waals surface area contributed by atoms with Gasteiger partial charge in [0.2, 0.25) is 6.29 Å². The number of rotatable bonds is 8. The second-order valence-electron chi connectivity index (χ2n) is 8.35. The van der Waals surface area contributed by atoms with Crippen LogP contribution in [0.15, 0.2) is 71.2 Å². The lowest BCUT2D eigenvalue weighted by atomic mass is 9.93. The number of aromatic nitrogens is 2. The lowest BCUT2D eigenvalue weighted by molar-refractivity contribution is -0.144. The Balaban J connectivity index is 1.69. The zero-order valence-corrected chi connectivity index (χ0v) is 19.7. The van der Waals surface area contributed by atoms with Gasteiger partial charge in [-0.05, 0) is 43.7 Å². The van der Waals surface area contributed by atoms with E-state index in [1.165, 1.54) is 12.1 Å². The van der Waals surface area contributed by atoms with Crippen LogP contribution in [0.4, 0.5) is 5.69 Å². The first-order chi connectivity index (χ1) is 16.9. The van der Waals surface area contributed by atoms with Crippen LogP contribution in [0, 0.1) is 6.92 Å². The lowest BCUT2D eigenvalue weighted by Gasteiger charge is -2.28. The predicted molar refractivity (Wildman–Crippen MR) is 130 cm³/mol. The van der Waals surface area contributed by atoms with Gasteiger partial charge in [0.25, 0.3) is 11.5 Å². The Morgan fingerprint density at radius 2 is 1.97 bits per heavy atom. The summed E-state index contributed by atoms with van der Waals surface area (Å²) in [6.45, 7) is 2.08. The minimum absolute atomic E-state index is 0.0193. The van der Waals surface area contributed by atoms with Gasteiger partial charge in [-0.2, -0.15) is 0 Å². The van der Waals surface area contributed by atoms with Crippen molar-refractivity contribution in [1.82, 2.24) is 9.36 Å². The minimum atomic E-state index is -0.773. The summed E-state index contributed by atoms with van der Waals surface area (Å²) in [6.07, 6.45) is 1.63. The van der Waals surface area contributed by atoms with Crippen LogP contribution in [0.25, 0.3) is 5.69 Å². The molecule has 0 aliphatic carbocycles. The third kappa shape index (κ3) is 5.31. The van der Waals surface area contributed by atoms with Gasteiger partial charge in [-0.3, -0.25) is 14.3 Å². The van der Waals surface area contributed by atoms with Crippen LogP contribution < -0.4 is 10.9 Å². The fourth-order valence-electron chi connectivity index (χ4n) is 4.19. The quantitative estimate of drug-likeness (QED) is 0.428. The molecule has 2 atom stereocenters. The summed E-state index contributed by atoms with van der Waals surface area (Å²) < 4.78 is 15.0. The normalized spacial score (nSPS) is 17.5. The number of hydrogen-bond acceptors (Lipinski definition) is 6. The van der Waals surface area contributed by atoms with Crippen molar-refractivity contribution in [1.29, 1.82) is 0 Å². The van der Waals surface area contributed by atoms with Crippen molar-refractivity contribution < 1.29 is 24.5 Å². The number of amides is 1. The molecule has 0 radical (unpaired) electrons. The number of nitrogens with zero attached hydrogens (tertiary/aromatic N) is 2. The molecule has 9 nitrogen and oxygen atoms in total. The molecule has 3 N–H and O–H groups in total. The highest BCUT2D eigenvalue weighted by molar-refractivity contribution is 6.02. The number of carbonyl (C=O) groups is 1. The van der Waals surface area contributed by atoms with Gasteiger partial charge in [0, 0.05) is 49.0 Å². The molecule has 1 aliphatic rings. The molecule has 0 bridgehead atoms. The summed E-state index contributed by atoms with van der Waals surface area (Å²) in [7, 11) is 1.82. The third-order valence-corrected chi connectivity index (χ3v) is 5.96. The first kappa shape index (κ1) is 24.3. The zero-order chi connectivity index (χ0) is 24.9. The Bertz CT molecular complexity index is 1280. The summed E-state index contributed by atoms with van der Waals surface area (Å²) in [5.41, 5.74) is 2.28. The highest BCUT2D eigenvalue weighted by Gasteiger charge is 2.33.